The molecule has 166 valence electrons. The average Bonchev–Trinajstić information content (AvgIpc) is 3.17. The molecule has 0 bridgehead atoms. The van der Waals surface area contributed by atoms with E-state index in [0.29, 0.717) is 12.1 Å². The van der Waals surface area contributed by atoms with E-state index in [4.69, 9.17) is 4.74 Å². The van der Waals surface area contributed by atoms with E-state index in [1.54, 1.807) is 19.5 Å². The number of H-pyrrole nitrogens is 1. The number of halogens is 3. The Morgan fingerprint density at radius 3 is 2.59 bits per heavy atom. The van der Waals surface area contributed by atoms with E-state index in [2.05, 4.69) is 24.8 Å². The van der Waals surface area contributed by atoms with Crippen LogP contribution in [0.1, 0.15) is 11.1 Å². The number of aromatic amines is 1. The Hall–Kier alpha value is -3.33. The highest BCUT2D eigenvalue weighted by Gasteiger charge is 2.30. The van der Waals surface area contributed by atoms with Crippen LogP contribution in [0.4, 0.5) is 19.0 Å². The number of anilines is 1. The fourth-order valence-corrected chi connectivity index (χ4v) is 4.25. The van der Waals surface area contributed by atoms with Gasteiger partial charge in [-0.1, -0.05) is 18.2 Å². The summed E-state index contributed by atoms with van der Waals surface area (Å²) >= 11 is 0. The van der Waals surface area contributed by atoms with Crippen LogP contribution in [0.5, 0.6) is 5.75 Å². The highest BCUT2D eigenvalue weighted by atomic mass is 19.4. The predicted molar refractivity (Wildman–Crippen MR) is 117 cm³/mol. The second kappa shape index (κ2) is 7.98. The number of aromatic nitrogens is 3. The van der Waals surface area contributed by atoms with Gasteiger partial charge >= 0.3 is 6.18 Å². The topological polar surface area (TPSA) is 57.3 Å². The van der Waals surface area contributed by atoms with Crippen molar-refractivity contribution in [2.75, 3.05) is 38.2 Å². The predicted octanol–water partition coefficient (Wildman–Crippen LogP) is 4.46. The molecular formula is C23H22F3N5O. The standard InChI is InChI=1S/C23H22F3N5O/c1-32-17-5-6-18-19(12-17)29-21-20(18)27-14-28-22(21)31-9-7-30(8-10-31)13-15-3-2-4-16(11-15)23(24,25)26/h2-6,11-12,14,29H,7-10,13H2,1H3. The van der Waals surface area contributed by atoms with E-state index in [9.17, 15) is 13.2 Å². The molecule has 1 saturated heterocycles. The van der Waals surface area contributed by atoms with Crippen LogP contribution in [-0.2, 0) is 12.7 Å². The van der Waals surface area contributed by atoms with Crippen LogP contribution < -0.4 is 9.64 Å². The summed E-state index contributed by atoms with van der Waals surface area (Å²) in [6, 6.07) is 11.4. The van der Waals surface area contributed by atoms with Crippen molar-refractivity contribution in [2.24, 2.45) is 0 Å². The van der Waals surface area contributed by atoms with Gasteiger partial charge in [-0.25, -0.2) is 9.97 Å². The van der Waals surface area contributed by atoms with Gasteiger partial charge in [-0.05, 0) is 23.8 Å². The van der Waals surface area contributed by atoms with Crippen molar-refractivity contribution in [3.05, 3.63) is 59.9 Å². The first-order chi connectivity index (χ1) is 15.4. The molecule has 3 heterocycles. The molecular weight excluding hydrogens is 419 g/mol. The van der Waals surface area contributed by atoms with Crippen LogP contribution in [0.15, 0.2) is 48.8 Å². The molecule has 2 aromatic carbocycles. The van der Waals surface area contributed by atoms with Crippen molar-refractivity contribution in [1.82, 2.24) is 19.9 Å². The zero-order valence-corrected chi connectivity index (χ0v) is 17.5. The monoisotopic (exact) mass is 441 g/mol. The van der Waals surface area contributed by atoms with E-state index < -0.39 is 11.7 Å². The minimum atomic E-state index is -4.32. The van der Waals surface area contributed by atoms with Crippen LogP contribution in [0, 0.1) is 0 Å². The van der Waals surface area contributed by atoms with Crippen molar-refractivity contribution in [3.63, 3.8) is 0 Å². The molecule has 0 unspecified atom stereocenters. The number of ether oxygens (including phenoxy) is 1. The number of hydrogen-bond donors (Lipinski definition) is 1. The van der Waals surface area contributed by atoms with Crippen molar-refractivity contribution in [2.45, 2.75) is 12.7 Å². The second-order valence-electron chi connectivity index (χ2n) is 7.92. The molecule has 0 spiro atoms. The third-order valence-electron chi connectivity index (χ3n) is 5.90. The van der Waals surface area contributed by atoms with Gasteiger partial charge in [-0.15, -0.1) is 0 Å². The number of methoxy groups -OCH3 is 1. The molecule has 2 aromatic heterocycles. The van der Waals surface area contributed by atoms with Crippen molar-refractivity contribution >= 4 is 27.8 Å². The van der Waals surface area contributed by atoms with E-state index in [-0.39, 0.29) is 0 Å². The van der Waals surface area contributed by atoms with E-state index >= 15 is 0 Å². The number of rotatable bonds is 4. The molecule has 5 rings (SSSR count). The molecule has 0 aliphatic carbocycles. The fourth-order valence-electron chi connectivity index (χ4n) is 4.25. The third kappa shape index (κ3) is 3.84. The maximum atomic E-state index is 13.0. The number of benzene rings is 2. The minimum Gasteiger partial charge on any atom is -0.497 e. The van der Waals surface area contributed by atoms with E-state index in [1.165, 1.54) is 12.1 Å². The molecule has 0 amide bonds. The Labute approximate surface area is 182 Å². The molecule has 1 aliphatic rings. The zero-order valence-electron chi connectivity index (χ0n) is 17.5. The maximum Gasteiger partial charge on any atom is 0.416 e. The SMILES string of the molecule is COc1ccc2c(c1)[nH]c1c(N3CCN(Cc4cccc(C(F)(F)F)c4)CC3)ncnc12. The van der Waals surface area contributed by atoms with Gasteiger partial charge in [0, 0.05) is 44.2 Å². The molecule has 6 nitrogen and oxygen atoms in total. The molecule has 4 aromatic rings. The molecule has 0 radical (unpaired) electrons. The highest BCUT2D eigenvalue weighted by molar-refractivity contribution is 6.08. The number of fused-ring (bicyclic) bond motifs is 3. The number of hydrogen-bond acceptors (Lipinski definition) is 5. The Balaban J connectivity index is 1.33. The molecule has 0 saturated carbocycles. The van der Waals surface area contributed by atoms with Gasteiger partial charge in [-0.3, -0.25) is 4.90 Å². The summed E-state index contributed by atoms with van der Waals surface area (Å²) < 4.78 is 44.3. The summed E-state index contributed by atoms with van der Waals surface area (Å²) in [6.07, 6.45) is -2.75. The number of nitrogens with zero attached hydrogens (tertiary/aromatic N) is 4. The van der Waals surface area contributed by atoms with Gasteiger partial charge in [0.15, 0.2) is 5.82 Å². The van der Waals surface area contributed by atoms with E-state index in [1.807, 2.05) is 18.2 Å². The van der Waals surface area contributed by atoms with Crippen LogP contribution >= 0.6 is 0 Å². The summed E-state index contributed by atoms with van der Waals surface area (Å²) in [5.41, 5.74) is 2.74. The molecule has 1 aliphatic heterocycles. The number of alkyl halides is 3. The largest absolute Gasteiger partial charge is 0.497 e. The Bertz CT molecular complexity index is 1260. The maximum absolute atomic E-state index is 13.0. The Kier molecular flexibility index (Phi) is 5.13. The van der Waals surface area contributed by atoms with Gasteiger partial charge in [0.1, 0.15) is 23.1 Å². The molecule has 32 heavy (non-hydrogen) atoms. The Morgan fingerprint density at radius 2 is 1.84 bits per heavy atom. The van der Waals surface area contributed by atoms with Gasteiger partial charge < -0.3 is 14.6 Å². The van der Waals surface area contributed by atoms with Crippen LogP contribution in [0.3, 0.4) is 0 Å². The van der Waals surface area contributed by atoms with Gasteiger partial charge in [0.05, 0.1) is 18.2 Å². The number of nitrogens with one attached hydrogen (secondary N) is 1. The normalized spacial score (nSPS) is 15.6. The molecule has 9 heteroatoms. The third-order valence-corrected chi connectivity index (χ3v) is 5.90. The number of piperazine rings is 1. The lowest BCUT2D eigenvalue weighted by molar-refractivity contribution is -0.137. The van der Waals surface area contributed by atoms with Crippen LogP contribution in [-0.4, -0.2) is 53.1 Å². The van der Waals surface area contributed by atoms with Crippen molar-refractivity contribution in [3.8, 4) is 5.75 Å². The second-order valence-corrected chi connectivity index (χ2v) is 7.92. The first-order valence-electron chi connectivity index (χ1n) is 10.4. The van der Waals surface area contributed by atoms with Gasteiger partial charge in [-0.2, -0.15) is 13.2 Å². The summed E-state index contributed by atoms with van der Waals surface area (Å²) in [6.45, 7) is 3.40. The minimum absolute atomic E-state index is 0.489. The lowest BCUT2D eigenvalue weighted by Crippen LogP contribution is -2.46. The lowest BCUT2D eigenvalue weighted by Gasteiger charge is -2.35. The van der Waals surface area contributed by atoms with Crippen molar-refractivity contribution < 1.29 is 17.9 Å². The fraction of sp³-hybridized carbons (Fsp3) is 0.304. The molecule has 0 atom stereocenters. The zero-order chi connectivity index (χ0) is 22.3. The summed E-state index contributed by atoms with van der Waals surface area (Å²) in [4.78, 5) is 16.8. The summed E-state index contributed by atoms with van der Waals surface area (Å²) in [7, 11) is 1.63. The smallest absolute Gasteiger partial charge is 0.416 e. The summed E-state index contributed by atoms with van der Waals surface area (Å²) in [5, 5.41) is 1.01. The molecule has 1 fully saturated rings. The quantitative estimate of drug-likeness (QED) is 0.507. The van der Waals surface area contributed by atoms with Crippen LogP contribution in [0.25, 0.3) is 21.9 Å². The van der Waals surface area contributed by atoms with Gasteiger partial charge in [0.25, 0.3) is 0 Å². The molecule has 1 N–H and O–H groups in total. The van der Waals surface area contributed by atoms with Crippen molar-refractivity contribution in [1.29, 1.82) is 0 Å². The lowest BCUT2D eigenvalue weighted by atomic mass is 10.1. The van der Waals surface area contributed by atoms with E-state index in [0.717, 1.165) is 65.7 Å². The van der Waals surface area contributed by atoms with Gasteiger partial charge in [0.2, 0.25) is 0 Å². The average molecular weight is 441 g/mol. The first-order valence-corrected chi connectivity index (χ1v) is 10.4. The Morgan fingerprint density at radius 1 is 1.03 bits per heavy atom. The van der Waals surface area contributed by atoms with Crippen LogP contribution in [0.2, 0.25) is 0 Å². The highest BCUT2D eigenvalue weighted by Crippen LogP contribution is 2.32. The first kappa shape index (κ1) is 20.6. The summed E-state index contributed by atoms with van der Waals surface area (Å²) in [5.74, 6) is 1.60.